The number of amides is 1. The average Bonchev–Trinajstić information content (AvgIpc) is 2.95. The van der Waals surface area contributed by atoms with E-state index in [1.807, 2.05) is 41.3 Å². The molecule has 2 saturated heterocycles. The number of aliphatic hydroxyl groups excluding tert-OH is 1. The van der Waals surface area contributed by atoms with Crippen molar-refractivity contribution < 1.29 is 19.4 Å². The lowest BCUT2D eigenvalue weighted by atomic mass is 10.0. The minimum absolute atomic E-state index is 0.133. The minimum Gasteiger partial charge on any atom is -0.497 e. The van der Waals surface area contributed by atoms with Crippen molar-refractivity contribution in [1.82, 2.24) is 15.1 Å². The van der Waals surface area contributed by atoms with E-state index in [-0.39, 0.29) is 12.5 Å². The summed E-state index contributed by atoms with van der Waals surface area (Å²) in [4.78, 5) is 19.6. The van der Waals surface area contributed by atoms with Crippen LogP contribution in [0.25, 0.3) is 0 Å². The number of piperazine rings is 1. The number of methoxy groups -OCH3 is 1. The van der Waals surface area contributed by atoms with Crippen molar-refractivity contribution in [2.45, 2.75) is 31.9 Å². The third-order valence-electron chi connectivity index (χ3n) is 7.21. The molecule has 2 N–H and O–H groups in total. The summed E-state index contributed by atoms with van der Waals surface area (Å²) in [5, 5.41) is 13.8. The van der Waals surface area contributed by atoms with Gasteiger partial charge in [0, 0.05) is 69.2 Å². The summed E-state index contributed by atoms with van der Waals surface area (Å²) in [5.41, 5.74) is 1.93. The first-order valence-corrected chi connectivity index (χ1v) is 13.1. The highest BCUT2D eigenvalue weighted by atomic mass is 16.5. The van der Waals surface area contributed by atoms with Gasteiger partial charge >= 0.3 is 0 Å². The molecule has 0 radical (unpaired) electrons. The summed E-state index contributed by atoms with van der Waals surface area (Å²) >= 11 is 0. The van der Waals surface area contributed by atoms with Crippen molar-refractivity contribution in [3.05, 3.63) is 54.1 Å². The van der Waals surface area contributed by atoms with Gasteiger partial charge in [-0.1, -0.05) is 13.0 Å². The van der Waals surface area contributed by atoms with Gasteiger partial charge in [-0.2, -0.15) is 0 Å². The van der Waals surface area contributed by atoms with E-state index in [9.17, 15) is 9.90 Å². The van der Waals surface area contributed by atoms with E-state index in [4.69, 9.17) is 9.47 Å². The predicted molar refractivity (Wildman–Crippen MR) is 142 cm³/mol. The molecule has 1 amide bonds. The number of nitrogens with one attached hydrogen (secondary N) is 1. The van der Waals surface area contributed by atoms with Crippen molar-refractivity contribution in [3.8, 4) is 11.5 Å². The Morgan fingerprint density at radius 3 is 2.39 bits per heavy atom. The number of nitrogens with zero attached hydrogens (tertiary/aromatic N) is 3. The summed E-state index contributed by atoms with van der Waals surface area (Å²) in [6.45, 7) is 9.34. The Hall–Kier alpha value is -2.81. The number of rotatable bonds is 10. The normalized spacial score (nSPS) is 18.2. The van der Waals surface area contributed by atoms with Crippen LogP contribution in [0.1, 0.15) is 30.1 Å². The Balaban J connectivity index is 1.16. The van der Waals surface area contributed by atoms with Crippen LogP contribution in [0.3, 0.4) is 0 Å². The molecule has 0 aromatic heterocycles. The monoisotopic (exact) mass is 496 g/mol. The maximum atomic E-state index is 12.9. The van der Waals surface area contributed by atoms with Crippen LogP contribution < -0.4 is 19.7 Å². The molecule has 196 valence electrons. The maximum Gasteiger partial charge on any atom is 0.253 e. The van der Waals surface area contributed by atoms with E-state index in [1.54, 1.807) is 7.11 Å². The quantitative estimate of drug-likeness (QED) is 0.523. The lowest BCUT2D eigenvalue weighted by Crippen LogP contribution is -2.48. The Labute approximate surface area is 214 Å². The van der Waals surface area contributed by atoms with Gasteiger partial charge in [-0.05, 0) is 55.8 Å². The lowest BCUT2D eigenvalue weighted by molar-refractivity contribution is 0.0643. The highest BCUT2D eigenvalue weighted by Crippen LogP contribution is 2.22. The molecular weight excluding hydrogens is 456 g/mol. The van der Waals surface area contributed by atoms with E-state index in [0.29, 0.717) is 18.3 Å². The molecule has 8 nitrogen and oxygen atoms in total. The topological polar surface area (TPSA) is 77.5 Å². The number of ether oxygens (including phenoxy) is 2. The molecule has 0 aliphatic carbocycles. The van der Waals surface area contributed by atoms with Gasteiger partial charge in [0.05, 0.1) is 7.11 Å². The van der Waals surface area contributed by atoms with E-state index in [2.05, 4.69) is 34.2 Å². The summed E-state index contributed by atoms with van der Waals surface area (Å²) in [5.74, 6) is 1.56. The molecule has 8 heteroatoms. The molecule has 4 rings (SSSR count). The molecule has 0 saturated carbocycles. The standard InChI is InChI=1S/C28H40N4O4/c1-3-30-15-17-32(18-16-30)28(34)22-7-9-24(10-8-22)31-13-11-23(12-14-31)29-20-25(33)21-36-27-6-4-5-26(19-27)35-2/h4-10,19,23,25,29,33H,3,11-18,20-21H2,1-2H3. The summed E-state index contributed by atoms with van der Waals surface area (Å²) in [6, 6.07) is 15.8. The first-order chi connectivity index (χ1) is 17.6. The summed E-state index contributed by atoms with van der Waals surface area (Å²) < 4.78 is 10.9. The fourth-order valence-electron chi connectivity index (χ4n) is 4.85. The number of hydrogen-bond donors (Lipinski definition) is 2. The molecule has 2 heterocycles. The molecule has 2 aliphatic heterocycles. The Kier molecular flexibility index (Phi) is 9.44. The van der Waals surface area contributed by atoms with Gasteiger partial charge in [0.2, 0.25) is 0 Å². The highest BCUT2D eigenvalue weighted by molar-refractivity contribution is 5.94. The maximum absolute atomic E-state index is 12.9. The fraction of sp³-hybridized carbons (Fsp3) is 0.536. The van der Waals surface area contributed by atoms with Crippen LogP contribution in [-0.4, -0.2) is 99.0 Å². The number of anilines is 1. The summed E-state index contributed by atoms with van der Waals surface area (Å²) in [7, 11) is 1.62. The van der Waals surface area contributed by atoms with Gasteiger partial charge in [0.15, 0.2) is 0 Å². The van der Waals surface area contributed by atoms with Crippen LogP contribution in [0.4, 0.5) is 5.69 Å². The van der Waals surface area contributed by atoms with Crippen LogP contribution in [0, 0.1) is 0 Å². The zero-order valence-corrected chi connectivity index (χ0v) is 21.6. The molecule has 2 aliphatic rings. The zero-order valence-electron chi connectivity index (χ0n) is 21.6. The van der Waals surface area contributed by atoms with Crippen molar-refractivity contribution >= 4 is 11.6 Å². The third-order valence-corrected chi connectivity index (χ3v) is 7.21. The van der Waals surface area contributed by atoms with Gasteiger partial charge in [-0.25, -0.2) is 0 Å². The number of aliphatic hydroxyl groups is 1. The number of piperidine rings is 1. The van der Waals surface area contributed by atoms with Crippen molar-refractivity contribution in [3.63, 3.8) is 0 Å². The SMILES string of the molecule is CCN1CCN(C(=O)c2ccc(N3CCC(NCC(O)COc4cccc(OC)c4)CC3)cc2)CC1. The second-order valence-corrected chi connectivity index (χ2v) is 9.59. The van der Waals surface area contributed by atoms with Gasteiger partial charge in [-0.15, -0.1) is 0 Å². The third kappa shape index (κ3) is 7.12. The van der Waals surface area contributed by atoms with Crippen LogP contribution in [0.5, 0.6) is 11.5 Å². The molecule has 0 bridgehead atoms. The molecule has 2 aromatic carbocycles. The van der Waals surface area contributed by atoms with E-state index in [1.165, 1.54) is 0 Å². The van der Waals surface area contributed by atoms with E-state index >= 15 is 0 Å². The number of likely N-dealkylation sites (N-methyl/N-ethyl adjacent to an activating group) is 1. The molecule has 1 atom stereocenters. The first kappa shape index (κ1) is 26.3. The van der Waals surface area contributed by atoms with Crippen LogP contribution in [0.15, 0.2) is 48.5 Å². The largest absolute Gasteiger partial charge is 0.497 e. The minimum atomic E-state index is -0.579. The molecular formula is C28H40N4O4. The van der Waals surface area contributed by atoms with Crippen molar-refractivity contribution in [2.75, 3.05) is 71.0 Å². The zero-order chi connectivity index (χ0) is 25.3. The molecule has 36 heavy (non-hydrogen) atoms. The van der Waals surface area contributed by atoms with Gasteiger partial charge in [0.25, 0.3) is 5.91 Å². The Morgan fingerprint density at radius 1 is 1.03 bits per heavy atom. The van der Waals surface area contributed by atoms with E-state index in [0.717, 1.165) is 75.7 Å². The number of benzene rings is 2. The average molecular weight is 497 g/mol. The Morgan fingerprint density at radius 2 is 1.72 bits per heavy atom. The fourth-order valence-corrected chi connectivity index (χ4v) is 4.85. The summed E-state index contributed by atoms with van der Waals surface area (Å²) in [6.07, 6.45) is 1.43. The highest BCUT2D eigenvalue weighted by Gasteiger charge is 2.23. The van der Waals surface area contributed by atoms with E-state index < -0.39 is 6.10 Å². The first-order valence-electron chi connectivity index (χ1n) is 13.1. The van der Waals surface area contributed by atoms with Crippen molar-refractivity contribution in [1.29, 1.82) is 0 Å². The number of hydrogen-bond acceptors (Lipinski definition) is 7. The molecule has 2 aromatic rings. The molecule has 1 unspecified atom stereocenters. The smallest absolute Gasteiger partial charge is 0.253 e. The van der Waals surface area contributed by atoms with Gasteiger partial charge in [-0.3, -0.25) is 4.79 Å². The number of carbonyl (C=O) groups is 1. The van der Waals surface area contributed by atoms with Gasteiger partial charge in [0.1, 0.15) is 24.2 Å². The number of carbonyl (C=O) groups excluding carboxylic acids is 1. The lowest BCUT2D eigenvalue weighted by Gasteiger charge is -2.35. The molecule has 2 fully saturated rings. The second-order valence-electron chi connectivity index (χ2n) is 9.59. The van der Waals surface area contributed by atoms with Crippen molar-refractivity contribution in [2.24, 2.45) is 0 Å². The van der Waals surface area contributed by atoms with Gasteiger partial charge < -0.3 is 34.6 Å². The second kappa shape index (κ2) is 12.9. The van der Waals surface area contributed by atoms with Crippen LogP contribution in [0.2, 0.25) is 0 Å². The molecule has 0 spiro atoms. The van der Waals surface area contributed by atoms with Crippen LogP contribution >= 0.6 is 0 Å². The predicted octanol–water partition coefficient (Wildman–Crippen LogP) is 2.47. The van der Waals surface area contributed by atoms with Crippen LogP contribution in [-0.2, 0) is 0 Å². The Bertz CT molecular complexity index is 954.